The topological polar surface area (TPSA) is 118 Å². The SMILES string of the molecule is CCCCOC(=O)C(CC(=O)O)S(=O)(=O)O.[H-].[H-].[Mg+2]. The Morgan fingerprint density at radius 2 is 1.94 bits per heavy atom. The zero-order valence-electron chi connectivity index (χ0n) is 11.5. The van der Waals surface area contributed by atoms with Crippen molar-refractivity contribution in [3.8, 4) is 0 Å². The van der Waals surface area contributed by atoms with E-state index >= 15 is 0 Å². The predicted octanol–water partition coefficient (Wildman–Crippen LogP) is -0.0950. The van der Waals surface area contributed by atoms with Crippen LogP contribution in [-0.2, 0) is 24.4 Å². The molecule has 0 spiro atoms. The molecule has 0 aromatic heterocycles. The largest absolute Gasteiger partial charge is 2.00 e. The molecule has 1 atom stereocenters. The Labute approximate surface area is 118 Å². The van der Waals surface area contributed by atoms with Gasteiger partial charge in [0.1, 0.15) is 0 Å². The molecule has 17 heavy (non-hydrogen) atoms. The summed E-state index contributed by atoms with van der Waals surface area (Å²) in [5.74, 6) is -2.74. The maximum atomic E-state index is 11.2. The Balaban J connectivity index is -0.000000375. The van der Waals surface area contributed by atoms with E-state index in [0.717, 1.165) is 6.42 Å². The molecule has 0 aromatic carbocycles. The van der Waals surface area contributed by atoms with Crippen LogP contribution in [0.5, 0.6) is 0 Å². The van der Waals surface area contributed by atoms with Crippen molar-refractivity contribution in [1.82, 2.24) is 0 Å². The molecular weight excluding hydrogens is 264 g/mol. The number of hydrogen-bond acceptors (Lipinski definition) is 5. The van der Waals surface area contributed by atoms with E-state index in [0.29, 0.717) is 6.42 Å². The van der Waals surface area contributed by atoms with Gasteiger partial charge in [-0.15, -0.1) is 0 Å². The number of esters is 1. The number of carboxylic acid groups (broad SMARTS) is 1. The average Bonchev–Trinajstić information content (AvgIpc) is 2.12. The van der Waals surface area contributed by atoms with E-state index in [1.165, 1.54) is 0 Å². The summed E-state index contributed by atoms with van der Waals surface area (Å²) in [6.45, 7) is 1.84. The van der Waals surface area contributed by atoms with Crippen LogP contribution in [0.1, 0.15) is 29.0 Å². The molecule has 2 N–H and O–H groups in total. The summed E-state index contributed by atoms with van der Waals surface area (Å²) < 4.78 is 34.7. The van der Waals surface area contributed by atoms with Gasteiger partial charge in [-0.1, -0.05) is 13.3 Å². The van der Waals surface area contributed by atoms with Gasteiger partial charge in [-0.25, -0.2) is 0 Å². The van der Waals surface area contributed by atoms with Crippen molar-refractivity contribution < 1.29 is 35.3 Å². The van der Waals surface area contributed by atoms with Crippen LogP contribution < -0.4 is 0 Å². The third kappa shape index (κ3) is 8.35. The van der Waals surface area contributed by atoms with Crippen LogP contribution in [0.15, 0.2) is 0 Å². The van der Waals surface area contributed by atoms with Crippen LogP contribution in [-0.4, -0.2) is 64.9 Å². The third-order valence-electron chi connectivity index (χ3n) is 1.72. The van der Waals surface area contributed by atoms with Crippen molar-refractivity contribution in [3.63, 3.8) is 0 Å². The van der Waals surface area contributed by atoms with Crippen LogP contribution in [0.3, 0.4) is 0 Å². The number of hydrogen-bond donors (Lipinski definition) is 2. The van der Waals surface area contributed by atoms with Crippen molar-refractivity contribution in [2.45, 2.75) is 31.4 Å². The van der Waals surface area contributed by atoms with Crippen molar-refractivity contribution in [1.29, 1.82) is 0 Å². The van der Waals surface area contributed by atoms with Gasteiger partial charge in [0, 0.05) is 0 Å². The molecule has 0 bridgehead atoms. The zero-order valence-corrected chi connectivity index (χ0v) is 11.7. The molecule has 0 aliphatic rings. The molecule has 0 radical (unpaired) electrons. The van der Waals surface area contributed by atoms with Gasteiger partial charge in [0.05, 0.1) is 13.0 Å². The molecule has 98 valence electrons. The summed E-state index contributed by atoms with van der Waals surface area (Å²) in [5.41, 5.74) is 0. The summed E-state index contributed by atoms with van der Waals surface area (Å²) in [4.78, 5) is 21.5. The summed E-state index contributed by atoms with van der Waals surface area (Å²) in [5, 5.41) is 6.33. The first-order chi connectivity index (χ1) is 7.29. The van der Waals surface area contributed by atoms with E-state index < -0.39 is 33.7 Å². The fraction of sp³-hybridized carbons (Fsp3) is 0.750. The van der Waals surface area contributed by atoms with E-state index in [-0.39, 0.29) is 32.5 Å². The van der Waals surface area contributed by atoms with Crippen molar-refractivity contribution >= 4 is 45.1 Å². The second-order valence-corrected chi connectivity index (χ2v) is 4.72. The first-order valence-corrected chi connectivity index (χ1v) is 6.14. The van der Waals surface area contributed by atoms with E-state index in [1.54, 1.807) is 0 Å². The maximum Gasteiger partial charge on any atom is 2.00 e. The molecule has 0 saturated carbocycles. The molecule has 9 heteroatoms. The summed E-state index contributed by atoms with van der Waals surface area (Å²) in [6.07, 6.45) is 0.267. The minimum Gasteiger partial charge on any atom is -1.00 e. The van der Waals surface area contributed by atoms with E-state index in [2.05, 4.69) is 4.74 Å². The van der Waals surface area contributed by atoms with Gasteiger partial charge in [-0.3, -0.25) is 14.1 Å². The summed E-state index contributed by atoms with van der Waals surface area (Å²) in [7, 11) is -4.75. The molecular formula is C8H16MgO7S. The third-order valence-corrected chi connectivity index (χ3v) is 2.80. The molecule has 1 unspecified atom stereocenters. The Bertz CT molecular complexity index is 360. The van der Waals surface area contributed by atoms with E-state index in [1.807, 2.05) is 6.92 Å². The van der Waals surface area contributed by atoms with Gasteiger partial charge >= 0.3 is 35.0 Å². The predicted molar refractivity (Wildman–Crippen MR) is 61.4 cm³/mol. The minimum atomic E-state index is -4.75. The number of unbranched alkanes of at least 4 members (excludes halogenated alkanes) is 1. The van der Waals surface area contributed by atoms with E-state index in [4.69, 9.17) is 9.66 Å². The number of aliphatic carboxylic acids is 1. The minimum absolute atomic E-state index is 0. The fourth-order valence-electron chi connectivity index (χ4n) is 0.879. The summed E-state index contributed by atoms with van der Waals surface area (Å²) in [6, 6.07) is 0. The number of rotatable bonds is 7. The van der Waals surface area contributed by atoms with Crippen molar-refractivity contribution in [2.75, 3.05) is 6.61 Å². The van der Waals surface area contributed by atoms with Gasteiger partial charge < -0.3 is 12.7 Å². The van der Waals surface area contributed by atoms with Crippen molar-refractivity contribution in [3.05, 3.63) is 0 Å². The number of carbonyl (C=O) groups is 2. The Hall–Kier alpha value is -0.384. The molecule has 7 nitrogen and oxygen atoms in total. The van der Waals surface area contributed by atoms with Gasteiger partial charge in [0.2, 0.25) is 0 Å². The molecule has 0 heterocycles. The normalized spacial score (nSPS) is 12.4. The second-order valence-electron chi connectivity index (χ2n) is 3.12. The Morgan fingerprint density at radius 1 is 1.41 bits per heavy atom. The van der Waals surface area contributed by atoms with E-state index in [9.17, 15) is 18.0 Å². The molecule has 0 amide bonds. The van der Waals surface area contributed by atoms with Gasteiger partial charge in [0.25, 0.3) is 10.1 Å². The Kier molecular flexibility index (Phi) is 9.67. The van der Waals surface area contributed by atoms with Gasteiger partial charge in [-0.2, -0.15) is 8.42 Å². The van der Waals surface area contributed by atoms with Crippen molar-refractivity contribution in [2.24, 2.45) is 0 Å². The van der Waals surface area contributed by atoms with Crippen LogP contribution in [0, 0.1) is 0 Å². The molecule has 0 fully saturated rings. The van der Waals surface area contributed by atoms with Crippen LogP contribution in [0.25, 0.3) is 0 Å². The smallest absolute Gasteiger partial charge is 1.00 e. The maximum absolute atomic E-state index is 11.2. The fourth-order valence-corrected chi connectivity index (χ4v) is 1.54. The van der Waals surface area contributed by atoms with Gasteiger partial charge in [-0.05, 0) is 6.42 Å². The molecule has 0 aliphatic heterocycles. The zero-order chi connectivity index (χ0) is 12.8. The molecule has 0 aliphatic carbocycles. The first-order valence-electron chi connectivity index (χ1n) is 4.63. The number of carbonyl (C=O) groups excluding carboxylic acids is 1. The average molecular weight is 281 g/mol. The molecule has 0 aromatic rings. The molecule has 0 saturated heterocycles. The number of ether oxygens (including phenoxy) is 1. The van der Waals surface area contributed by atoms with Crippen LogP contribution in [0.4, 0.5) is 0 Å². The summed E-state index contributed by atoms with van der Waals surface area (Å²) >= 11 is 0. The molecule has 0 rings (SSSR count). The number of carboxylic acids is 1. The Morgan fingerprint density at radius 3 is 2.29 bits per heavy atom. The standard InChI is InChI=1S/C8H14O7S.Mg.2H/c1-2-3-4-15-8(11)6(5-7(9)10)16(12,13)14;;;/h6H,2-5H2,1H3,(H,9,10)(H,12,13,14);;;/q;+2;2*-1. The first kappa shape index (κ1) is 19.0. The van der Waals surface area contributed by atoms with Crippen LogP contribution in [0.2, 0.25) is 0 Å². The van der Waals surface area contributed by atoms with Gasteiger partial charge in [0.15, 0.2) is 5.25 Å². The second kappa shape index (κ2) is 8.67. The monoisotopic (exact) mass is 280 g/mol. The quantitative estimate of drug-likeness (QED) is 0.289. The van der Waals surface area contributed by atoms with Crippen LogP contribution >= 0.6 is 0 Å².